The van der Waals surface area contributed by atoms with E-state index in [1.807, 2.05) is 12.1 Å². The van der Waals surface area contributed by atoms with Gasteiger partial charge in [-0.15, -0.1) is 0 Å². The number of nitrogens with zero attached hydrogens (tertiary/aromatic N) is 2. The highest BCUT2D eigenvalue weighted by Crippen LogP contribution is 2.30. The molecule has 6 nitrogen and oxygen atoms in total. The molecule has 0 spiro atoms. The highest BCUT2D eigenvalue weighted by molar-refractivity contribution is 6.24. The molecular weight excluding hydrogens is 395 g/mol. The molecule has 1 aliphatic carbocycles. The van der Waals surface area contributed by atoms with Gasteiger partial charge in [0.15, 0.2) is 5.78 Å². The summed E-state index contributed by atoms with van der Waals surface area (Å²) < 4.78 is 13.8. The van der Waals surface area contributed by atoms with Crippen LogP contribution in [0.25, 0.3) is 22.2 Å². The molecule has 158 valence electrons. The summed E-state index contributed by atoms with van der Waals surface area (Å²) in [6.45, 7) is 3.46. The number of hydrogen-bond donors (Lipinski definition) is 3. The van der Waals surface area contributed by atoms with Crippen molar-refractivity contribution in [1.82, 2.24) is 15.3 Å². The van der Waals surface area contributed by atoms with E-state index in [1.54, 1.807) is 18.2 Å². The number of piperazine rings is 1. The van der Waals surface area contributed by atoms with E-state index in [0.717, 1.165) is 54.0 Å². The number of allylic oxidation sites excluding steroid dienone is 4. The number of ketones is 1. The Balaban J connectivity index is 1.49. The maximum Gasteiger partial charge on any atom is 0.170 e. The molecule has 1 saturated heterocycles. The number of benzene rings is 2. The smallest absolute Gasteiger partial charge is 0.170 e. The molecule has 1 aromatic heterocycles. The minimum atomic E-state index is -0.444. The van der Waals surface area contributed by atoms with Crippen LogP contribution >= 0.6 is 0 Å². The van der Waals surface area contributed by atoms with E-state index in [9.17, 15) is 14.3 Å². The average Bonchev–Trinajstić information content (AvgIpc) is 3.23. The fourth-order valence-corrected chi connectivity index (χ4v) is 4.13. The summed E-state index contributed by atoms with van der Waals surface area (Å²) in [5.74, 6) is 0.0719. The molecule has 3 aromatic rings. The van der Waals surface area contributed by atoms with E-state index >= 15 is 0 Å². The van der Waals surface area contributed by atoms with Gasteiger partial charge in [0, 0.05) is 43.9 Å². The molecule has 0 unspecified atom stereocenters. The van der Waals surface area contributed by atoms with Gasteiger partial charge >= 0.3 is 0 Å². The van der Waals surface area contributed by atoms with Gasteiger partial charge in [0.2, 0.25) is 0 Å². The van der Waals surface area contributed by atoms with Gasteiger partial charge in [0.25, 0.3) is 0 Å². The molecule has 31 heavy (non-hydrogen) atoms. The van der Waals surface area contributed by atoms with Crippen LogP contribution in [-0.2, 0) is 11.4 Å². The molecule has 3 N–H and O–H groups in total. The molecule has 7 heteroatoms. The van der Waals surface area contributed by atoms with Crippen LogP contribution in [0.1, 0.15) is 23.4 Å². The summed E-state index contributed by atoms with van der Waals surface area (Å²) in [6.07, 6.45) is 3.86. The third-order valence-corrected chi connectivity index (χ3v) is 5.86. The van der Waals surface area contributed by atoms with Gasteiger partial charge in [-0.25, -0.2) is 9.37 Å². The van der Waals surface area contributed by atoms with E-state index in [0.29, 0.717) is 11.4 Å². The van der Waals surface area contributed by atoms with Crippen molar-refractivity contribution in [3.63, 3.8) is 0 Å². The Hall–Kier alpha value is -3.29. The molecule has 0 atom stereocenters. The molecule has 2 aliphatic rings. The second-order valence-electron chi connectivity index (χ2n) is 7.83. The van der Waals surface area contributed by atoms with Crippen molar-refractivity contribution in [1.29, 1.82) is 0 Å². The van der Waals surface area contributed by atoms with E-state index in [-0.39, 0.29) is 24.4 Å². The number of imidazole rings is 1. The van der Waals surface area contributed by atoms with Gasteiger partial charge < -0.3 is 20.3 Å². The molecule has 5 rings (SSSR count). The first kappa shape index (κ1) is 19.7. The molecule has 0 amide bonds. The van der Waals surface area contributed by atoms with Crippen molar-refractivity contribution in [2.24, 2.45) is 0 Å². The first-order valence-corrected chi connectivity index (χ1v) is 10.4. The standard InChI is InChI=1S/C24H23FN4O2/c25-20-4-1-15(11-17(20)14-30)16-2-6-23(31)19(12-16)24-27-21-5-3-18(13-22(21)28-24)29-9-7-26-8-10-29/h1-5,11-13,26,30H,6-10,14H2,(H,27,28). The van der Waals surface area contributed by atoms with Crippen molar-refractivity contribution < 1.29 is 14.3 Å². The zero-order chi connectivity index (χ0) is 21.4. The number of aliphatic hydroxyl groups excluding tert-OH is 1. The number of fused-ring (bicyclic) bond motifs is 1. The van der Waals surface area contributed by atoms with E-state index in [1.165, 1.54) is 6.07 Å². The van der Waals surface area contributed by atoms with Gasteiger partial charge in [-0.3, -0.25) is 4.79 Å². The van der Waals surface area contributed by atoms with E-state index in [4.69, 9.17) is 0 Å². The number of rotatable bonds is 4. The highest BCUT2D eigenvalue weighted by Gasteiger charge is 2.21. The molecule has 1 aliphatic heterocycles. The number of hydrogen-bond acceptors (Lipinski definition) is 5. The van der Waals surface area contributed by atoms with Crippen LogP contribution in [0.4, 0.5) is 10.1 Å². The lowest BCUT2D eigenvalue weighted by Gasteiger charge is -2.29. The van der Waals surface area contributed by atoms with Gasteiger partial charge in [0.1, 0.15) is 11.6 Å². The first-order chi connectivity index (χ1) is 15.1. The monoisotopic (exact) mass is 418 g/mol. The number of nitrogens with one attached hydrogen (secondary N) is 2. The second-order valence-corrected chi connectivity index (χ2v) is 7.83. The van der Waals surface area contributed by atoms with Crippen molar-refractivity contribution in [2.45, 2.75) is 13.0 Å². The average molecular weight is 418 g/mol. The molecule has 0 bridgehead atoms. The number of aliphatic hydroxyl groups is 1. The third kappa shape index (κ3) is 3.78. The largest absolute Gasteiger partial charge is 0.392 e. The molecule has 2 aromatic carbocycles. The van der Waals surface area contributed by atoms with Crippen LogP contribution in [0.2, 0.25) is 0 Å². The van der Waals surface area contributed by atoms with Crippen LogP contribution in [0.3, 0.4) is 0 Å². The van der Waals surface area contributed by atoms with E-state index in [2.05, 4.69) is 32.3 Å². The van der Waals surface area contributed by atoms with Crippen molar-refractivity contribution in [3.8, 4) is 0 Å². The third-order valence-electron chi connectivity index (χ3n) is 5.86. The fraction of sp³-hybridized carbons (Fsp3) is 0.250. The molecule has 0 saturated carbocycles. The second kappa shape index (κ2) is 8.09. The quantitative estimate of drug-likeness (QED) is 0.607. The fourth-order valence-electron chi connectivity index (χ4n) is 4.13. The Morgan fingerprint density at radius 3 is 2.77 bits per heavy atom. The number of carbonyl (C=O) groups excluding carboxylic acids is 1. The van der Waals surface area contributed by atoms with Crippen LogP contribution < -0.4 is 10.2 Å². The van der Waals surface area contributed by atoms with Gasteiger partial charge in [-0.2, -0.15) is 0 Å². The maximum absolute atomic E-state index is 13.8. The lowest BCUT2D eigenvalue weighted by molar-refractivity contribution is -0.113. The Kier molecular flexibility index (Phi) is 5.13. The van der Waals surface area contributed by atoms with Gasteiger partial charge in [-0.05, 0) is 47.5 Å². The Bertz CT molecular complexity index is 1220. The molecule has 2 heterocycles. The number of carbonyl (C=O) groups is 1. The summed E-state index contributed by atoms with van der Waals surface area (Å²) in [6, 6.07) is 10.7. The van der Waals surface area contributed by atoms with Crippen LogP contribution in [0, 0.1) is 5.82 Å². The minimum absolute atomic E-state index is 0.0189. The van der Waals surface area contributed by atoms with Crippen LogP contribution in [-0.4, -0.2) is 47.0 Å². The Morgan fingerprint density at radius 2 is 1.97 bits per heavy atom. The molecular formula is C24H23FN4O2. The summed E-state index contributed by atoms with van der Waals surface area (Å²) >= 11 is 0. The predicted octanol–water partition coefficient (Wildman–Crippen LogP) is 3.04. The number of aromatic nitrogens is 2. The lowest BCUT2D eigenvalue weighted by Crippen LogP contribution is -2.43. The van der Waals surface area contributed by atoms with Crippen molar-refractivity contribution in [3.05, 3.63) is 71.3 Å². The highest BCUT2D eigenvalue weighted by atomic mass is 19.1. The minimum Gasteiger partial charge on any atom is -0.392 e. The lowest BCUT2D eigenvalue weighted by atomic mass is 9.92. The number of H-pyrrole nitrogens is 1. The molecule has 0 radical (unpaired) electrons. The zero-order valence-electron chi connectivity index (χ0n) is 17.0. The van der Waals surface area contributed by atoms with E-state index < -0.39 is 5.82 Å². The van der Waals surface area contributed by atoms with Crippen molar-refractivity contribution >= 4 is 33.7 Å². The summed E-state index contributed by atoms with van der Waals surface area (Å²) in [5.41, 5.74) is 5.14. The van der Waals surface area contributed by atoms with Crippen LogP contribution in [0.15, 0.2) is 48.6 Å². The van der Waals surface area contributed by atoms with Crippen LogP contribution in [0.5, 0.6) is 0 Å². The number of anilines is 1. The van der Waals surface area contributed by atoms with Gasteiger partial charge in [-0.1, -0.05) is 12.1 Å². The first-order valence-electron chi connectivity index (χ1n) is 10.4. The molecule has 1 fully saturated rings. The summed E-state index contributed by atoms with van der Waals surface area (Å²) in [7, 11) is 0. The number of aromatic amines is 1. The number of halogens is 1. The topological polar surface area (TPSA) is 81.2 Å². The van der Waals surface area contributed by atoms with Gasteiger partial charge in [0.05, 0.1) is 23.2 Å². The Labute approximate surface area is 179 Å². The SMILES string of the molecule is O=C1CC=C(c2ccc(F)c(CO)c2)C=C1c1nc2ccc(N3CCNCC3)cc2[nH]1. The predicted molar refractivity (Wildman–Crippen MR) is 119 cm³/mol. The van der Waals surface area contributed by atoms with Crippen molar-refractivity contribution in [2.75, 3.05) is 31.1 Å². The number of Topliss-reactive ketones (excluding diaryl/α,β-unsaturated/α-hetero) is 1. The zero-order valence-corrected chi connectivity index (χ0v) is 17.0. The normalized spacial score (nSPS) is 17.1. The Morgan fingerprint density at radius 1 is 1.13 bits per heavy atom. The summed E-state index contributed by atoms with van der Waals surface area (Å²) in [5, 5.41) is 12.7. The summed E-state index contributed by atoms with van der Waals surface area (Å²) in [4.78, 5) is 22.9. The maximum atomic E-state index is 13.8.